The van der Waals surface area contributed by atoms with Crippen molar-refractivity contribution in [3.8, 4) is 22.8 Å². The maximum Gasteiger partial charge on any atom is 0.154 e. The first kappa shape index (κ1) is 33.7. The van der Waals surface area contributed by atoms with E-state index in [0.29, 0.717) is 35.9 Å². The molecule has 0 saturated heterocycles. The van der Waals surface area contributed by atoms with Crippen molar-refractivity contribution in [3.63, 3.8) is 0 Å². The zero-order valence-electron chi connectivity index (χ0n) is 25.6. The van der Waals surface area contributed by atoms with Gasteiger partial charge in [-0.15, -0.1) is 11.3 Å². The molecular weight excluding hydrogens is 695 g/mol. The van der Waals surface area contributed by atoms with Crippen molar-refractivity contribution in [1.29, 1.82) is 0 Å². The first-order chi connectivity index (χ1) is 22.1. The lowest BCUT2D eigenvalue weighted by atomic mass is 10.1. The van der Waals surface area contributed by atoms with Crippen molar-refractivity contribution in [1.82, 2.24) is 15.0 Å². The fraction of sp³-hybridized carbons (Fsp3) is 0.303. The van der Waals surface area contributed by atoms with Crippen molar-refractivity contribution >= 4 is 59.5 Å². The van der Waals surface area contributed by atoms with Gasteiger partial charge in [-0.1, -0.05) is 12.1 Å². The van der Waals surface area contributed by atoms with Gasteiger partial charge in [0.2, 0.25) is 0 Å². The minimum Gasteiger partial charge on any atom is -0.496 e. The minimum atomic E-state index is -3.10. The van der Waals surface area contributed by atoms with E-state index in [1.165, 1.54) is 18.5 Å². The molecule has 0 saturated carbocycles. The predicted octanol–water partition coefficient (Wildman–Crippen LogP) is 7.76. The standard InChI is InChI=1S/C33H34BrFN4O5S2/c1-21(2)46(40,41)13-12-43-11-5-8-32-39-29(19-45-32)25-16-26-28(17-31(25)42-3)36-20-37-33(26)38-24-9-10-30(27(34)15-24)44-18-22-6-4-7-23(35)14-22/h4,6-7,9-10,14-17,19-21H,5,8,11-13,18H2,1-3H3,(H,36,37,38). The number of hydrogen-bond acceptors (Lipinski definition) is 10. The lowest BCUT2D eigenvalue weighted by molar-refractivity contribution is 0.146. The molecule has 0 bridgehead atoms. The average Bonchev–Trinajstić information content (AvgIpc) is 3.50. The van der Waals surface area contributed by atoms with Crippen LogP contribution in [-0.2, 0) is 27.6 Å². The number of thiazole rings is 1. The Kier molecular flexibility index (Phi) is 11.2. The second kappa shape index (κ2) is 15.3. The van der Waals surface area contributed by atoms with E-state index in [2.05, 4.69) is 31.2 Å². The summed E-state index contributed by atoms with van der Waals surface area (Å²) in [6, 6.07) is 15.8. The summed E-state index contributed by atoms with van der Waals surface area (Å²) in [5.41, 5.74) is 3.82. The van der Waals surface area contributed by atoms with Crippen molar-refractivity contribution in [2.75, 3.05) is 31.4 Å². The van der Waals surface area contributed by atoms with E-state index in [1.54, 1.807) is 38.4 Å². The lowest BCUT2D eigenvalue weighted by Gasteiger charge is -2.13. The molecule has 0 unspecified atom stereocenters. The van der Waals surface area contributed by atoms with Crippen molar-refractivity contribution in [2.45, 2.75) is 38.5 Å². The number of hydrogen-bond donors (Lipinski definition) is 1. The van der Waals surface area contributed by atoms with Gasteiger partial charge in [-0.3, -0.25) is 0 Å². The van der Waals surface area contributed by atoms with Crippen LogP contribution in [0.1, 0.15) is 30.8 Å². The molecule has 0 aliphatic heterocycles. The molecule has 3 aromatic carbocycles. The van der Waals surface area contributed by atoms with E-state index in [-0.39, 0.29) is 24.8 Å². The fourth-order valence-corrected chi connectivity index (χ4v) is 6.72. The number of nitrogens with zero attached hydrogens (tertiary/aromatic N) is 3. The SMILES string of the molecule is COc1cc2ncnc(Nc3ccc(OCc4cccc(F)c4)c(Br)c3)c2cc1-c1csc(CCCOCCS(=O)(=O)C(C)C)n1. The Bertz CT molecular complexity index is 1920. The average molecular weight is 730 g/mol. The second-order valence-electron chi connectivity index (χ2n) is 10.7. The van der Waals surface area contributed by atoms with Crippen molar-refractivity contribution < 1.29 is 27.0 Å². The van der Waals surface area contributed by atoms with Crippen LogP contribution in [0, 0.1) is 5.82 Å². The smallest absolute Gasteiger partial charge is 0.154 e. The normalized spacial score (nSPS) is 11.7. The van der Waals surface area contributed by atoms with Gasteiger partial charge in [-0.2, -0.15) is 0 Å². The largest absolute Gasteiger partial charge is 0.496 e. The third kappa shape index (κ3) is 8.58. The molecule has 9 nitrogen and oxygen atoms in total. The third-order valence-corrected chi connectivity index (χ3v) is 10.9. The van der Waals surface area contributed by atoms with Crippen LogP contribution in [-0.4, -0.2) is 54.7 Å². The Labute approximate surface area is 280 Å². The van der Waals surface area contributed by atoms with Gasteiger partial charge >= 0.3 is 0 Å². The van der Waals surface area contributed by atoms with E-state index in [4.69, 9.17) is 19.2 Å². The molecule has 0 fully saturated rings. The Balaban J connectivity index is 1.27. The Morgan fingerprint density at radius 3 is 2.65 bits per heavy atom. The summed E-state index contributed by atoms with van der Waals surface area (Å²) in [4.78, 5) is 13.8. The van der Waals surface area contributed by atoms with Crippen LogP contribution in [0.2, 0.25) is 0 Å². The highest BCUT2D eigenvalue weighted by atomic mass is 79.9. The monoisotopic (exact) mass is 728 g/mol. The van der Waals surface area contributed by atoms with Gasteiger partial charge in [-0.05, 0) is 78.2 Å². The van der Waals surface area contributed by atoms with Gasteiger partial charge in [0.05, 0.1) is 45.4 Å². The Hall–Kier alpha value is -3.65. The molecule has 0 aliphatic rings. The highest BCUT2D eigenvalue weighted by Crippen LogP contribution is 2.37. The summed E-state index contributed by atoms with van der Waals surface area (Å²) >= 11 is 5.13. The number of aromatic nitrogens is 3. The van der Waals surface area contributed by atoms with Gasteiger partial charge in [-0.25, -0.2) is 27.8 Å². The number of rotatable bonds is 15. The molecule has 0 amide bonds. The molecule has 242 valence electrons. The van der Waals surface area contributed by atoms with Gasteiger partial charge in [0.25, 0.3) is 0 Å². The summed E-state index contributed by atoms with van der Waals surface area (Å²) in [6.07, 6.45) is 2.94. The van der Waals surface area contributed by atoms with Crippen LogP contribution in [0.25, 0.3) is 22.2 Å². The molecule has 2 aromatic heterocycles. The maximum absolute atomic E-state index is 13.5. The number of fused-ring (bicyclic) bond motifs is 1. The number of halogens is 2. The zero-order chi connectivity index (χ0) is 32.7. The highest BCUT2D eigenvalue weighted by Gasteiger charge is 2.17. The molecular formula is C33H34BrFN4O5S2. The van der Waals surface area contributed by atoms with Crippen LogP contribution in [0.15, 0.2) is 70.8 Å². The Morgan fingerprint density at radius 2 is 1.89 bits per heavy atom. The molecule has 0 spiro atoms. The predicted molar refractivity (Wildman–Crippen MR) is 183 cm³/mol. The summed E-state index contributed by atoms with van der Waals surface area (Å²) < 4.78 is 55.3. The summed E-state index contributed by atoms with van der Waals surface area (Å²) in [5.74, 6) is 1.61. The van der Waals surface area contributed by atoms with E-state index in [9.17, 15) is 12.8 Å². The molecule has 5 aromatic rings. The van der Waals surface area contributed by atoms with E-state index in [1.807, 2.05) is 41.8 Å². The van der Waals surface area contributed by atoms with Crippen LogP contribution < -0.4 is 14.8 Å². The van der Waals surface area contributed by atoms with Crippen LogP contribution >= 0.6 is 27.3 Å². The summed E-state index contributed by atoms with van der Waals surface area (Å²) in [5, 5.41) is 6.71. The lowest BCUT2D eigenvalue weighted by Crippen LogP contribution is -2.21. The van der Waals surface area contributed by atoms with E-state index in [0.717, 1.165) is 43.8 Å². The number of aryl methyl sites for hydroxylation is 1. The number of benzene rings is 3. The van der Waals surface area contributed by atoms with Crippen LogP contribution in [0.5, 0.6) is 11.5 Å². The van der Waals surface area contributed by atoms with E-state index < -0.39 is 15.1 Å². The maximum atomic E-state index is 13.5. The van der Waals surface area contributed by atoms with Gasteiger partial charge in [0.1, 0.15) is 36.1 Å². The zero-order valence-corrected chi connectivity index (χ0v) is 28.8. The highest BCUT2D eigenvalue weighted by molar-refractivity contribution is 9.10. The molecule has 0 radical (unpaired) electrons. The third-order valence-electron chi connectivity index (χ3n) is 7.17. The second-order valence-corrected chi connectivity index (χ2v) is 15.2. The summed E-state index contributed by atoms with van der Waals surface area (Å²) in [7, 11) is -1.49. The topological polar surface area (TPSA) is 113 Å². The van der Waals surface area contributed by atoms with Gasteiger partial charge in [0, 0.05) is 41.1 Å². The van der Waals surface area contributed by atoms with Gasteiger partial charge < -0.3 is 19.5 Å². The van der Waals surface area contributed by atoms with E-state index >= 15 is 0 Å². The molecule has 1 N–H and O–H groups in total. The number of ether oxygens (including phenoxy) is 3. The molecule has 46 heavy (non-hydrogen) atoms. The molecule has 0 aliphatic carbocycles. The minimum absolute atomic E-state index is 0.0312. The number of sulfone groups is 1. The quantitative estimate of drug-likeness (QED) is 0.108. The first-order valence-electron chi connectivity index (χ1n) is 14.6. The summed E-state index contributed by atoms with van der Waals surface area (Å²) in [6.45, 7) is 4.25. The van der Waals surface area contributed by atoms with Crippen molar-refractivity contribution in [3.05, 3.63) is 87.2 Å². The van der Waals surface area contributed by atoms with Crippen molar-refractivity contribution in [2.24, 2.45) is 0 Å². The molecule has 0 atom stereocenters. The number of anilines is 2. The molecule has 2 heterocycles. The molecule has 5 rings (SSSR count). The van der Waals surface area contributed by atoms with Crippen LogP contribution in [0.3, 0.4) is 0 Å². The number of nitrogens with one attached hydrogen (secondary N) is 1. The fourth-order valence-electron chi connectivity index (χ4n) is 4.56. The Morgan fingerprint density at radius 1 is 1.04 bits per heavy atom. The van der Waals surface area contributed by atoms with Gasteiger partial charge in [0.15, 0.2) is 9.84 Å². The number of methoxy groups -OCH3 is 1. The first-order valence-corrected chi connectivity index (χ1v) is 18.0. The van der Waals surface area contributed by atoms with Crippen LogP contribution in [0.4, 0.5) is 15.9 Å². The molecule has 13 heteroatoms.